The van der Waals surface area contributed by atoms with Crippen LogP contribution in [0.3, 0.4) is 0 Å². The highest BCUT2D eigenvalue weighted by molar-refractivity contribution is 7.09. The summed E-state index contributed by atoms with van der Waals surface area (Å²) in [5.41, 5.74) is 6.52. The van der Waals surface area contributed by atoms with Crippen LogP contribution in [0.15, 0.2) is 29.8 Å². The van der Waals surface area contributed by atoms with Crippen molar-refractivity contribution in [1.29, 1.82) is 0 Å². The molecule has 0 saturated heterocycles. The predicted molar refractivity (Wildman–Crippen MR) is 63.5 cm³/mol. The van der Waals surface area contributed by atoms with Crippen LogP contribution in [-0.2, 0) is 6.42 Å². The van der Waals surface area contributed by atoms with Crippen molar-refractivity contribution in [2.75, 3.05) is 13.1 Å². The van der Waals surface area contributed by atoms with Crippen LogP contribution in [-0.4, -0.2) is 13.1 Å². The lowest BCUT2D eigenvalue weighted by atomic mass is 10.2. The number of nitrogens with one attached hydrogen (secondary N) is 1. The van der Waals surface area contributed by atoms with E-state index >= 15 is 0 Å². The average molecular weight is 210 g/mol. The first-order valence-electron chi connectivity index (χ1n) is 4.97. The minimum absolute atomic E-state index is 0.742. The summed E-state index contributed by atoms with van der Waals surface area (Å²) in [5.74, 6) is 0. The molecule has 0 spiro atoms. The van der Waals surface area contributed by atoms with Crippen LogP contribution in [0.25, 0.3) is 0 Å². The zero-order chi connectivity index (χ0) is 10.2. The van der Waals surface area contributed by atoms with Gasteiger partial charge in [-0.2, -0.15) is 0 Å². The van der Waals surface area contributed by atoms with E-state index in [1.54, 1.807) is 11.3 Å². The highest BCUT2D eigenvalue weighted by Gasteiger charge is 1.95. The summed E-state index contributed by atoms with van der Waals surface area (Å²) in [6.45, 7) is 5.67. The second-order valence-corrected chi connectivity index (χ2v) is 4.28. The average Bonchev–Trinajstić information content (AvgIpc) is 2.67. The van der Waals surface area contributed by atoms with Gasteiger partial charge in [0, 0.05) is 17.1 Å². The van der Waals surface area contributed by atoms with Crippen molar-refractivity contribution in [3.05, 3.63) is 34.7 Å². The lowest BCUT2D eigenvalue weighted by molar-refractivity contribution is 0.716. The van der Waals surface area contributed by atoms with E-state index in [9.17, 15) is 0 Å². The van der Waals surface area contributed by atoms with Crippen LogP contribution in [0, 0.1) is 0 Å². The monoisotopic (exact) mass is 210 g/mol. The fourth-order valence-corrected chi connectivity index (χ4v) is 1.93. The summed E-state index contributed by atoms with van der Waals surface area (Å²) in [7, 11) is 0. The molecule has 0 aromatic carbocycles. The minimum Gasteiger partial charge on any atom is -0.388 e. The number of rotatable bonds is 7. The van der Waals surface area contributed by atoms with E-state index < -0.39 is 0 Å². The fraction of sp³-hybridized carbons (Fsp3) is 0.455. The molecule has 3 N–H and O–H groups in total. The fourth-order valence-electron chi connectivity index (χ4n) is 1.22. The zero-order valence-electron chi connectivity index (χ0n) is 8.46. The van der Waals surface area contributed by atoms with Crippen molar-refractivity contribution >= 4 is 11.3 Å². The van der Waals surface area contributed by atoms with E-state index in [-0.39, 0.29) is 0 Å². The van der Waals surface area contributed by atoms with Crippen molar-refractivity contribution in [3.63, 3.8) is 0 Å². The maximum atomic E-state index is 5.42. The van der Waals surface area contributed by atoms with Gasteiger partial charge in [0.25, 0.3) is 0 Å². The molecule has 0 bridgehead atoms. The third-order valence-corrected chi connectivity index (χ3v) is 2.95. The van der Waals surface area contributed by atoms with Gasteiger partial charge < -0.3 is 11.1 Å². The minimum atomic E-state index is 0.742. The van der Waals surface area contributed by atoms with Crippen LogP contribution in [0.5, 0.6) is 0 Å². The first-order valence-corrected chi connectivity index (χ1v) is 5.85. The maximum absolute atomic E-state index is 5.42. The Morgan fingerprint density at radius 2 is 2.43 bits per heavy atom. The molecule has 1 rings (SSSR count). The normalized spacial score (nSPS) is 10.1. The lowest BCUT2D eigenvalue weighted by Gasteiger charge is -2.07. The van der Waals surface area contributed by atoms with Crippen LogP contribution in [0.2, 0.25) is 0 Å². The molecule has 0 aliphatic rings. The van der Waals surface area contributed by atoms with E-state index in [2.05, 4.69) is 29.4 Å². The molecule has 3 heteroatoms. The molecular weight excluding hydrogens is 192 g/mol. The topological polar surface area (TPSA) is 38.0 Å². The van der Waals surface area contributed by atoms with Crippen molar-refractivity contribution in [2.24, 2.45) is 5.73 Å². The van der Waals surface area contributed by atoms with Crippen molar-refractivity contribution in [2.45, 2.75) is 19.3 Å². The van der Waals surface area contributed by atoms with Gasteiger partial charge in [0.05, 0.1) is 0 Å². The van der Waals surface area contributed by atoms with Crippen LogP contribution in [0.1, 0.15) is 17.7 Å². The molecule has 0 fully saturated rings. The van der Waals surface area contributed by atoms with Gasteiger partial charge in [-0.3, -0.25) is 0 Å². The summed E-state index contributed by atoms with van der Waals surface area (Å²) in [6, 6.07) is 4.25. The molecule has 0 saturated carbocycles. The molecule has 1 aromatic heterocycles. The van der Waals surface area contributed by atoms with Gasteiger partial charge in [-0.25, -0.2) is 0 Å². The highest BCUT2D eigenvalue weighted by Crippen LogP contribution is 2.08. The molecular formula is C11H18N2S. The molecule has 0 atom stereocenters. The second kappa shape index (κ2) is 6.62. The summed E-state index contributed by atoms with van der Waals surface area (Å²) in [5, 5.41) is 5.42. The summed E-state index contributed by atoms with van der Waals surface area (Å²) >= 11 is 1.80. The van der Waals surface area contributed by atoms with Gasteiger partial charge in [-0.1, -0.05) is 12.6 Å². The lowest BCUT2D eigenvalue weighted by Crippen LogP contribution is -2.16. The van der Waals surface area contributed by atoms with E-state index in [0.717, 1.165) is 38.0 Å². The summed E-state index contributed by atoms with van der Waals surface area (Å²) in [4.78, 5) is 1.42. The Balaban J connectivity index is 2.06. The maximum Gasteiger partial charge on any atom is 0.0192 e. The molecule has 2 nitrogen and oxygen atoms in total. The van der Waals surface area contributed by atoms with Crippen molar-refractivity contribution in [3.8, 4) is 0 Å². The molecule has 14 heavy (non-hydrogen) atoms. The third-order valence-electron chi connectivity index (χ3n) is 2.01. The molecule has 0 radical (unpaired) electrons. The van der Waals surface area contributed by atoms with E-state index in [0.29, 0.717) is 0 Å². The van der Waals surface area contributed by atoms with E-state index in [4.69, 9.17) is 5.73 Å². The Kier molecular flexibility index (Phi) is 5.33. The van der Waals surface area contributed by atoms with E-state index in [1.165, 1.54) is 4.88 Å². The molecule has 0 amide bonds. The molecule has 0 aliphatic heterocycles. The standard InChI is InChI=1S/C11H18N2S/c1-10(4-2-7-12)13-8-6-11-5-3-9-14-11/h3,5,9,13H,1-2,4,6-8,12H2. The smallest absolute Gasteiger partial charge is 0.0192 e. The summed E-state index contributed by atoms with van der Waals surface area (Å²) in [6.07, 6.45) is 3.09. The van der Waals surface area contributed by atoms with Crippen LogP contribution in [0.4, 0.5) is 0 Å². The van der Waals surface area contributed by atoms with Gasteiger partial charge in [-0.15, -0.1) is 11.3 Å². The van der Waals surface area contributed by atoms with Crippen LogP contribution < -0.4 is 11.1 Å². The van der Waals surface area contributed by atoms with Gasteiger partial charge >= 0.3 is 0 Å². The Labute approximate surface area is 89.8 Å². The SMILES string of the molecule is C=C(CCCN)NCCc1cccs1. The van der Waals surface area contributed by atoms with Crippen LogP contribution >= 0.6 is 11.3 Å². The first kappa shape index (κ1) is 11.3. The van der Waals surface area contributed by atoms with Crippen molar-refractivity contribution in [1.82, 2.24) is 5.32 Å². The van der Waals surface area contributed by atoms with Gasteiger partial charge in [0.15, 0.2) is 0 Å². The van der Waals surface area contributed by atoms with E-state index in [1.807, 2.05) is 0 Å². The predicted octanol–water partition coefficient (Wildman–Crippen LogP) is 2.13. The molecule has 0 aliphatic carbocycles. The second-order valence-electron chi connectivity index (χ2n) is 3.25. The first-order chi connectivity index (χ1) is 6.83. The Bertz CT molecular complexity index is 254. The zero-order valence-corrected chi connectivity index (χ0v) is 9.28. The number of hydrogen-bond acceptors (Lipinski definition) is 3. The van der Waals surface area contributed by atoms with Gasteiger partial charge in [-0.05, 0) is 37.3 Å². The molecule has 0 unspecified atom stereocenters. The molecule has 1 aromatic rings. The Morgan fingerprint density at radius 1 is 1.57 bits per heavy atom. The largest absolute Gasteiger partial charge is 0.388 e. The molecule has 78 valence electrons. The van der Waals surface area contributed by atoms with Crippen molar-refractivity contribution < 1.29 is 0 Å². The Morgan fingerprint density at radius 3 is 3.07 bits per heavy atom. The molecule has 1 heterocycles. The third kappa shape index (κ3) is 4.44. The van der Waals surface area contributed by atoms with Gasteiger partial charge in [0.2, 0.25) is 0 Å². The number of hydrogen-bond donors (Lipinski definition) is 2. The summed E-state index contributed by atoms with van der Waals surface area (Å²) < 4.78 is 0. The number of nitrogens with two attached hydrogens (primary N) is 1. The highest BCUT2D eigenvalue weighted by atomic mass is 32.1. The van der Waals surface area contributed by atoms with Gasteiger partial charge in [0.1, 0.15) is 0 Å². The Hall–Kier alpha value is -0.800. The quantitative estimate of drug-likeness (QED) is 0.723. The number of allylic oxidation sites excluding steroid dienone is 1. The number of thiophene rings is 1.